The number of unbranched alkanes of at least 4 members (excludes halogenated alkanes) is 18. The first-order chi connectivity index (χ1) is 25.7. The molecule has 2 rings (SSSR count). The van der Waals surface area contributed by atoms with Gasteiger partial charge in [0.1, 0.15) is 0 Å². The molecule has 0 radical (unpaired) electrons. The summed E-state index contributed by atoms with van der Waals surface area (Å²) >= 11 is 0. The van der Waals surface area contributed by atoms with Crippen LogP contribution in [0.2, 0.25) is 0 Å². The van der Waals surface area contributed by atoms with Gasteiger partial charge in [-0.2, -0.15) is 0 Å². The van der Waals surface area contributed by atoms with Crippen LogP contribution in [-0.4, -0.2) is 11.4 Å². The Morgan fingerprint density at radius 3 is 1.17 bits per heavy atom. The maximum absolute atomic E-state index is 5.51. The van der Waals surface area contributed by atoms with E-state index in [2.05, 4.69) is 101 Å². The second-order valence-corrected chi connectivity index (χ2v) is 15.1. The van der Waals surface area contributed by atoms with Crippen LogP contribution in [0.5, 0.6) is 0 Å². The number of aryl methyl sites for hydroxylation is 2. The van der Waals surface area contributed by atoms with E-state index in [0.29, 0.717) is 0 Å². The molecule has 0 unspecified atom stereocenters. The molecule has 0 atom stereocenters. The Labute approximate surface area is 343 Å². The van der Waals surface area contributed by atoms with E-state index in [9.17, 15) is 0 Å². The van der Waals surface area contributed by atoms with E-state index in [4.69, 9.17) is 9.98 Å². The molecule has 3 heteroatoms. The average Bonchev–Trinajstić information content (AvgIpc) is 3.16. The molecule has 0 heterocycles. The minimum Gasteiger partial charge on any atom is -0.251 e. The van der Waals surface area contributed by atoms with Gasteiger partial charge in [-0.1, -0.05) is 191 Å². The van der Waals surface area contributed by atoms with Crippen LogP contribution in [0.15, 0.2) is 82.8 Å². The van der Waals surface area contributed by atoms with Gasteiger partial charge in [0.25, 0.3) is 0 Å². The van der Waals surface area contributed by atoms with E-state index >= 15 is 0 Å². The van der Waals surface area contributed by atoms with Gasteiger partial charge in [-0.3, -0.25) is 9.98 Å². The molecular weight excluding hydrogens is 735 g/mol. The average molecular weight is 816 g/mol. The van der Waals surface area contributed by atoms with Crippen molar-refractivity contribution in [3.8, 4) is 0 Å². The normalized spacial score (nSPS) is 12.3. The SMILES string of the molecule is CCCCCCCC/C=C/CCc1ccccc1/N=C(CCCC)\C(CCCCCCCC)=N\c1ccccc1CC/C=C/CCCCCCCC.[Pd]. The molecule has 2 aromatic carbocycles. The fraction of sp³-hybridized carbons (Fsp3) is 0.640. The molecule has 0 aliphatic heterocycles. The molecule has 0 saturated carbocycles. The van der Waals surface area contributed by atoms with Crippen LogP contribution in [0.25, 0.3) is 0 Å². The Morgan fingerprint density at radius 2 is 0.736 bits per heavy atom. The summed E-state index contributed by atoms with van der Waals surface area (Å²) in [4.78, 5) is 11.0. The summed E-state index contributed by atoms with van der Waals surface area (Å²) in [5.74, 6) is 0. The van der Waals surface area contributed by atoms with Crippen molar-refractivity contribution in [3.63, 3.8) is 0 Å². The first-order valence-electron chi connectivity index (χ1n) is 22.3. The van der Waals surface area contributed by atoms with E-state index in [1.54, 1.807) is 0 Å². The molecular formula is C50H80N2Pd. The van der Waals surface area contributed by atoms with Gasteiger partial charge in [0, 0.05) is 20.4 Å². The third-order valence-corrected chi connectivity index (χ3v) is 10.3. The van der Waals surface area contributed by atoms with Crippen molar-refractivity contribution in [3.05, 3.63) is 84.0 Å². The molecule has 53 heavy (non-hydrogen) atoms. The monoisotopic (exact) mass is 815 g/mol. The van der Waals surface area contributed by atoms with Crippen molar-refractivity contribution in [1.82, 2.24) is 0 Å². The Balaban J connectivity index is 0.0000140. The van der Waals surface area contributed by atoms with E-state index in [0.717, 1.165) is 62.7 Å². The third-order valence-electron chi connectivity index (χ3n) is 10.3. The second-order valence-electron chi connectivity index (χ2n) is 15.1. The molecule has 0 saturated heterocycles. The number of nitrogens with zero attached hydrogens (tertiary/aromatic N) is 2. The van der Waals surface area contributed by atoms with Crippen molar-refractivity contribution >= 4 is 22.8 Å². The van der Waals surface area contributed by atoms with E-state index in [1.807, 2.05) is 0 Å². The standard InChI is InChI=1S/C50H80N2.Pd/c1-5-9-13-16-19-21-23-25-27-30-37-45-39-33-35-42-47(45)51-49(41-12-8-4)50(44-32-29-18-15-11-7-3)52-48-43-36-34-40-46(48)38-31-28-26-24-22-20-17-14-10-6-2;/h25-28,33-36,39-40,42-43H,5-24,29-32,37-38,41,44H2,1-4H3;/b27-25+,28-26+,51-49-,52-50+;. The summed E-state index contributed by atoms with van der Waals surface area (Å²) in [5.41, 5.74) is 7.40. The zero-order valence-corrected chi connectivity index (χ0v) is 36.5. The second kappa shape index (κ2) is 35.6. The predicted molar refractivity (Wildman–Crippen MR) is 235 cm³/mol. The summed E-state index contributed by atoms with van der Waals surface area (Å²) in [6.07, 6.45) is 44.7. The minimum atomic E-state index is 0. The van der Waals surface area contributed by atoms with Crippen LogP contribution >= 0.6 is 0 Å². The number of rotatable bonds is 33. The fourth-order valence-corrected chi connectivity index (χ4v) is 6.93. The number of hydrogen-bond acceptors (Lipinski definition) is 2. The summed E-state index contributed by atoms with van der Waals surface area (Å²) in [6.45, 7) is 9.18. The minimum absolute atomic E-state index is 0. The van der Waals surface area contributed by atoms with Gasteiger partial charge >= 0.3 is 0 Å². The Bertz CT molecular complexity index is 1260. The molecule has 0 N–H and O–H groups in total. The van der Waals surface area contributed by atoms with Gasteiger partial charge < -0.3 is 0 Å². The van der Waals surface area contributed by atoms with Gasteiger partial charge in [0.05, 0.1) is 22.8 Å². The van der Waals surface area contributed by atoms with Crippen LogP contribution in [0.3, 0.4) is 0 Å². The molecule has 0 bridgehead atoms. The van der Waals surface area contributed by atoms with Crippen molar-refractivity contribution in [2.45, 2.75) is 207 Å². The number of allylic oxidation sites excluding steroid dienone is 4. The molecule has 0 aromatic heterocycles. The number of aliphatic imine (C=N–C) groups is 2. The first-order valence-corrected chi connectivity index (χ1v) is 22.3. The van der Waals surface area contributed by atoms with Gasteiger partial charge in [-0.15, -0.1) is 0 Å². The summed E-state index contributed by atoms with van der Waals surface area (Å²) in [5, 5.41) is 0. The van der Waals surface area contributed by atoms with Crippen molar-refractivity contribution in [1.29, 1.82) is 0 Å². The van der Waals surface area contributed by atoms with E-state index in [-0.39, 0.29) is 20.4 Å². The summed E-state index contributed by atoms with van der Waals surface area (Å²) in [6, 6.07) is 17.7. The van der Waals surface area contributed by atoms with Gasteiger partial charge in [0.2, 0.25) is 0 Å². The third kappa shape index (κ3) is 24.9. The number of hydrogen-bond donors (Lipinski definition) is 0. The molecule has 300 valence electrons. The molecule has 0 fully saturated rings. The Hall–Kier alpha value is -2.08. The zero-order valence-electron chi connectivity index (χ0n) is 34.9. The number of benzene rings is 2. The summed E-state index contributed by atoms with van der Waals surface area (Å²) < 4.78 is 0. The van der Waals surface area contributed by atoms with Gasteiger partial charge in [-0.05, 0) is 100 Å². The van der Waals surface area contributed by atoms with Gasteiger partial charge in [0.15, 0.2) is 0 Å². The maximum atomic E-state index is 5.51. The Morgan fingerprint density at radius 1 is 0.396 bits per heavy atom. The molecule has 0 aliphatic rings. The van der Waals surface area contributed by atoms with E-state index < -0.39 is 0 Å². The van der Waals surface area contributed by atoms with Crippen molar-refractivity contribution in [2.75, 3.05) is 0 Å². The van der Waals surface area contributed by atoms with Crippen molar-refractivity contribution in [2.24, 2.45) is 9.98 Å². The first kappa shape index (κ1) is 48.9. The van der Waals surface area contributed by atoms with Gasteiger partial charge in [-0.25, -0.2) is 0 Å². The predicted octanol–water partition coefficient (Wildman–Crippen LogP) is 16.9. The van der Waals surface area contributed by atoms with Crippen LogP contribution < -0.4 is 0 Å². The summed E-state index contributed by atoms with van der Waals surface area (Å²) in [7, 11) is 0. The molecule has 2 aromatic rings. The molecule has 0 aliphatic carbocycles. The number of para-hydroxylation sites is 2. The van der Waals surface area contributed by atoms with Crippen LogP contribution in [0, 0.1) is 0 Å². The van der Waals surface area contributed by atoms with Crippen LogP contribution in [0.4, 0.5) is 11.4 Å². The zero-order chi connectivity index (χ0) is 37.2. The molecule has 0 amide bonds. The van der Waals surface area contributed by atoms with Crippen LogP contribution in [0.1, 0.15) is 206 Å². The molecule has 2 nitrogen and oxygen atoms in total. The molecule has 0 spiro atoms. The topological polar surface area (TPSA) is 24.7 Å². The van der Waals surface area contributed by atoms with Crippen molar-refractivity contribution < 1.29 is 20.4 Å². The Kier molecular flexibility index (Phi) is 32.9. The quantitative estimate of drug-likeness (QED) is 0.0297. The van der Waals surface area contributed by atoms with Crippen LogP contribution in [-0.2, 0) is 33.3 Å². The maximum Gasteiger partial charge on any atom is 0.0665 e. The van der Waals surface area contributed by atoms with E-state index in [1.165, 1.54) is 151 Å². The largest absolute Gasteiger partial charge is 0.251 e. The smallest absolute Gasteiger partial charge is 0.0665 e. The fourth-order valence-electron chi connectivity index (χ4n) is 6.93.